The smallest absolute Gasteiger partial charge is 0.273 e. The highest BCUT2D eigenvalue weighted by atomic mass is 32.1. The molecule has 0 aliphatic carbocycles. The molecule has 0 saturated carbocycles. The molecular weight excluding hydrogens is 296 g/mol. The molecular formula is C16H22N4OS. The zero-order valence-electron chi connectivity index (χ0n) is 11.8. The fourth-order valence-electron chi connectivity index (χ4n) is 3.30. The van der Waals surface area contributed by atoms with Crippen LogP contribution < -0.4 is 4.74 Å². The van der Waals surface area contributed by atoms with Gasteiger partial charge in [-0.1, -0.05) is 18.8 Å². The van der Waals surface area contributed by atoms with Gasteiger partial charge in [0, 0.05) is 43.2 Å². The van der Waals surface area contributed by atoms with Crippen LogP contribution in [0.4, 0.5) is 0 Å². The predicted molar refractivity (Wildman–Crippen MR) is 88.1 cm³/mol. The molecule has 0 amide bonds. The first-order valence-corrected chi connectivity index (χ1v) is 8.30. The Hall–Kier alpha value is -1.53. The molecule has 2 fully saturated rings. The van der Waals surface area contributed by atoms with E-state index in [2.05, 4.69) is 19.9 Å². The number of aromatic nitrogens is 3. The molecule has 0 spiro atoms. The van der Waals surface area contributed by atoms with Gasteiger partial charge in [-0.25, -0.2) is 15.0 Å². The normalized spacial score (nSPS) is 27.0. The maximum atomic E-state index is 6.18. The monoisotopic (exact) mass is 318 g/mol. The van der Waals surface area contributed by atoms with Gasteiger partial charge in [-0.05, 0) is 25.8 Å². The highest BCUT2D eigenvalue weighted by molar-refractivity contribution is 7.16. The fourth-order valence-corrected chi connectivity index (χ4v) is 4.09. The summed E-state index contributed by atoms with van der Waals surface area (Å²) in [6.45, 7) is 3.61. The summed E-state index contributed by atoms with van der Waals surface area (Å²) in [5.41, 5.74) is 0.998. The molecule has 0 radical (unpaired) electrons. The largest absolute Gasteiger partial charge is 0.466 e. The molecule has 5 nitrogen and oxygen atoms in total. The lowest BCUT2D eigenvalue weighted by Crippen LogP contribution is -2.48. The summed E-state index contributed by atoms with van der Waals surface area (Å²) < 4.78 is 6.18. The van der Waals surface area contributed by atoms with Gasteiger partial charge in [0.1, 0.15) is 12.4 Å². The van der Waals surface area contributed by atoms with Crippen molar-refractivity contribution >= 4 is 11.3 Å². The Kier molecular flexibility index (Phi) is 4.69. The van der Waals surface area contributed by atoms with Gasteiger partial charge >= 0.3 is 0 Å². The molecule has 2 aliphatic heterocycles. The fraction of sp³-hybridized carbons (Fsp3) is 0.562. The van der Waals surface area contributed by atoms with Crippen LogP contribution in [-0.2, 0) is 0 Å². The lowest BCUT2D eigenvalue weighted by Gasteiger charge is -2.41. The topological polar surface area (TPSA) is 51.1 Å². The summed E-state index contributed by atoms with van der Waals surface area (Å²) in [5, 5.41) is 0.776. The van der Waals surface area contributed by atoms with Crippen molar-refractivity contribution in [3.63, 3.8) is 0 Å². The number of hydrogen-bond acceptors (Lipinski definition) is 6. The first-order chi connectivity index (χ1) is 10.4. The molecule has 4 rings (SSSR count). The molecule has 2 aliphatic rings. The molecule has 2 aromatic heterocycles. The summed E-state index contributed by atoms with van der Waals surface area (Å²) in [7, 11) is 0. The van der Waals surface area contributed by atoms with Crippen molar-refractivity contribution in [1.82, 2.24) is 19.9 Å². The minimum Gasteiger partial charge on any atom is -0.466 e. The van der Waals surface area contributed by atoms with Crippen molar-refractivity contribution in [2.45, 2.75) is 32.8 Å². The molecule has 0 aromatic carbocycles. The third kappa shape index (κ3) is 3.13. The second-order valence-electron chi connectivity index (χ2n) is 5.77. The van der Waals surface area contributed by atoms with Crippen LogP contribution in [0.2, 0.25) is 0 Å². The van der Waals surface area contributed by atoms with Gasteiger partial charge in [-0.15, -0.1) is 0 Å². The first-order valence-electron chi connectivity index (χ1n) is 7.49. The van der Waals surface area contributed by atoms with Crippen LogP contribution in [0.3, 0.4) is 0 Å². The zero-order valence-corrected chi connectivity index (χ0v) is 12.6. The zero-order chi connectivity index (χ0) is 14.1. The molecule has 118 valence electrons. The molecule has 6 heteroatoms. The quantitative estimate of drug-likeness (QED) is 0.870. The van der Waals surface area contributed by atoms with E-state index < -0.39 is 0 Å². The van der Waals surface area contributed by atoms with Crippen molar-refractivity contribution in [2.24, 2.45) is 5.92 Å². The lowest BCUT2D eigenvalue weighted by molar-refractivity contribution is 0.0150. The van der Waals surface area contributed by atoms with Crippen molar-refractivity contribution < 1.29 is 4.74 Å². The Morgan fingerprint density at radius 1 is 1.14 bits per heavy atom. The number of thiazole rings is 1. The highest BCUT2D eigenvalue weighted by Crippen LogP contribution is 2.34. The molecule has 2 saturated heterocycles. The summed E-state index contributed by atoms with van der Waals surface area (Å²) >= 11 is 1.58. The standard InChI is InChI=1S/C15H18N4OS.CH4/c1-2-11-9-19(4-1)5-3-13(11)20-15-18-8-14(21-15)12-6-16-10-17-7-12;/h6-8,10-11,13H,1-5,9H2;1H4/t11?,13-;/m0./s1. The van der Waals surface area contributed by atoms with Gasteiger partial charge in [0.05, 0.1) is 4.88 Å². The van der Waals surface area contributed by atoms with Crippen LogP contribution in [0.15, 0.2) is 24.9 Å². The SMILES string of the molecule is C.c1ncc(-c2cnc(O[C@H]3CCN4CCCC3C4)s2)cn1. The van der Waals surface area contributed by atoms with Crippen LogP contribution in [0.1, 0.15) is 26.7 Å². The molecule has 3 atom stereocenters. The van der Waals surface area contributed by atoms with E-state index in [4.69, 9.17) is 4.74 Å². The van der Waals surface area contributed by atoms with Crippen LogP contribution in [0.25, 0.3) is 10.4 Å². The highest BCUT2D eigenvalue weighted by Gasteiger charge is 2.33. The van der Waals surface area contributed by atoms with E-state index in [0.29, 0.717) is 12.0 Å². The molecule has 2 aromatic rings. The third-order valence-electron chi connectivity index (χ3n) is 4.38. The van der Waals surface area contributed by atoms with Crippen molar-refractivity contribution in [1.29, 1.82) is 0 Å². The Morgan fingerprint density at radius 3 is 2.86 bits per heavy atom. The van der Waals surface area contributed by atoms with Crippen LogP contribution in [-0.4, -0.2) is 45.6 Å². The minimum absolute atomic E-state index is 0. The first kappa shape index (κ1) is 15.4. The van der Waals surface area contributed by atoms with Gasteiger partial charge < -0.3 is 9.64 Å². The average Bonchev–Trinajstić information content (AvgIpc) is 3.00. The van der Waals surface area contributed by atoms with E-state index in [9.17, 15) is 0 Å². The number of fused-ring (bicyclic) bond motifs is 2. The van der Waals surface area contributed by atoms with E-state index in [-0.39, 0.29) is 7.43 Å². The van der Waals surface area contributed by atoms with Crippen LogP contribution in [0, 0.1) is 5.92 Å². The maximum Gasteiger partial charge on any atom is 0.273 e. The van der Waals surface area contributed by atoms with Gasteiger partial charge in [0.25, 0.3) is 5.19 Å². The Bertz CT molecular complexity index is 603. The van der Waals surface area contributed by atoms with Crippen molar-refractivity contribution in [3.8, 4) is 15.6 Å². The molecule has 22 heavy (non-hydrogen) atoms. The number of nitrogens with zero attached hydrogens (tertiary/aromatic N) is 4. The van der Waals surface area contributed by atoms with E-state index in [1.807, 2.05) is 18.6 Å². The third-order valence-corrected chi connectivity index (χ3v) is 5.32. The predicted octanol–water partition coefficient (Wildman–Crippen LogP) is 3.10. The number of rotatable bonds is 3. The Morgan fingerprint density at radius 2 is 2.00 bits per heavy atom. The second-order valence-corrected chi connectivity index (χ2v) is 6.76. The maximum absolute atomic E-state index is 6.18. The van der Waals surface area contributed by atoms with E-state index >= 15 is 0 Å². The minimum atomic E-state index is 0. The van der Waals surface area contributed by atoms with E-state index in [0.717, 1.165) is 28.6 Å². The van der Waals surface area contributed by atoms with Crippen molar-refractivity contribution in [2.75, 3.05) is 19.6 Å². The van der Waals surface area contributed by atoms with Gasteiger partial charge in [0.15, 0.2) is 0 Å². The van der Waals surface area contributed by atoms with Gasteiger partial charge in [-0.2, -0.15) is 0 Å². The Labute approximate surface area is 135 Å². The lowest BCUT2D eigenvalue weighted by atomic mass is 9.87. The molecule has 2 unspecified atom stereocenters. The molecule has 2 bridgehead atoms. The number of hydrogen-bond donors (Lipinski definition) is 0. The summed E-state index contributed by atoms with van der Waals surface area (Å²) in [5.74, 6) is 0.667. The molecule has 4 heterocycles. The van der Waals surface area contributed by atoms with E-state index in [1.54, 1.807) is 17.7 Å². The average molecular weight is 318 g/mol. The second kappa shape index (κ2) is 6.71. The van der Waals surface area contributed by atoms with Gasteiger partial charge in [-0.3, -0.25) is 0 Å². The Balaban J connectivity index is 0.00000144. The van der Waals surface area contributed by atoms with Crippen LogP contribution >= 0.6 is 11.3 Å². The van der Waals surface area contributed by atoms with Crippen LogP contribution in [0.5, 0.6) is 5.19 Å². The van der Waals surface area contributed by atoms with Crippen molar-refractivity contribution in [3.05, 3.63) is 24.9 Å². The summed E-state index contributed by atoms with van der Waals surface area (Å²) in [6.07, 6.45) is 11.0. The summed E-state index contributed by atoms with van der Waals surface area (Å²) in [6, 6.07) is 0. The van der Waals surface area contributed by atoms with Gasteiger partial charge in [0.2, 0.25) is 0 Å². The number of piperidine rings is 2. The summed E-state index contributed by atoms with van der Waals surface area (Å²) in [4.78, 5) is 16.1. The number of ether oxygens (including phenoxy) is 1. The van der Waals surface area contributed by atoms with E-state index in [1.165, 1.54) is 25.9 Å². The molecule has 0 N–H and O–H groups in total.